The van der Waals surface area contributed by atoms with E-state index in [9.17, 15) is 4.79 Å². The molecule has 1 aromatic rings. The molecule has 1 heterocycles. The second-order valence-corrected chi connectivity index (χ2v) is 6.34. The first-order valence-corrected chi connectivity index (χ1v) is 6.90. The maximum Gasteiger partial charge on any atom is 0.239 e. The molecule has 3 nitrogen and oxygen atoms in total. The van der Waals surface area contributed by atoms with Crippen LogP contribution >= 0.6 is 27.3 Å². The van der Waals surface area contributed by atoms with Crippen molar-refractivity contribution in [1.29, 1.82) is 0 Å². The summed E-state index contributed by atoms with van der Waals surface area (Å²) in [6, 6.07) is 3.65. The summed E-state index contributed by atoms with van der Waals surface area (Å²) in [5.41, 5.74) is 5.79. The lowest BCUT2D eigenvalue weighted by atomic mass is 10.1. The van der Waals surface area contributed by atoms with E-state index in [1.807, 2.05) is 19.1 Å². The Morgan fingerprint density at radius 2 is 2.31 bits per heavy atom. The fourth-order valence-electron chi connectivity index (χ4n) is 1.47. The molecule has 2 N–H and O–H groups in total. The fraction of sp³-hybridized carbons (Fsp3) is 0.545. The number of carbonyl (C=O) groups is 1. The van der Waals surface area contributed by atoms with E-state index < -0.39 is 0 Å². The highest BCUT2D eigenvalue weighted by Gasteiger charge is 2.17. The zero-order valence-corrected chi connectivity index (χ0v) is 12.0. The maximum atomic E-state index is 11.8. The third-order valence-corrected chi connectivity index (χ3v) is 3.92. The van der Waals surface area contributed by atoms with Gasteiger partial charge in [-0.2, -0.15) is 0 Å². The van der Waals surface area contributed by atoms with Crippen LogP contribution in [0.1, 0.15) is 24.6 Å². The molecule has 16 heavy (non-hydrogen) atoms. The van der Waals surface area contributed by atoms with E-state index in [0.717, 1.165) is 21.5 Å². The molecular formula is C11H17BrN2OS. The van der Waals surface area contributed by atoms with E-state index in [2.05, 4.69) is 15.9 Å². The molecular weight excluding hydrogens is 288 g/mol. The third-order valence-electron chi connectivity index (χ3n) is 2.31. The van der Waals surface area contributed by atoms with Gasteiger partial charge in [-0.25, -0.2) is 0 Å². The number of amides is 1. The molecule has 0 aromatic carbocycles. The first-order valence-electron chi connectivity index (χ1n) is 5.29. The average molecular weight is 305 g/mol. The minimum absolute atomic E-state index is 0.0198. The van der Waals surface area contributed by atoms with Crippen molar-refractivity contribution in [3.05, 3.63) is 20.8 Å². The van der Waals surface area contributed by atoms with Crippen molar-refractivity contribution in [2.24, 2.45) is 5.73 Å². The Kier molecular flexibility index (Phi) is 5.44. The Morgan fingerprint density at radius 3 is 2.81 bits per heavy atom. The molecule has 0 saturated heterocycles. The molecule has 1 amide bonds. The summed E-state index contributed by atoms with van der Waals surface area (Å²) in [5.74, 6) is 0.0198. The van der Waals surface area contributed by atoms with Crippen LogP contribution in [0.4, 0.5) is 0 Å². The predicted octanol–water partition coefficient (Wildman–Crippen LogP) is 2.60. The van der Waals surface area contributed by atoms with Gasteiger partial charge in [0.05, 0.1) is 16.4 Å². The van der Waals surface area contributed by atoms with Crippen LogP contribution in [0.3, 0.4) is 0 Å². The highest BCUT2D eigenvalue weighted by Crippen LogP contribution is 2.23. The van der Waals surface area contributed by atoms with Crippen molar-refractivity contribution >= 4 is 33.2 Å². The number of likely N-dealkylation sites (N-methyl/N-ethyl adjacent to an activating group) is 1. The van der Waals surface area contributed by atoms with E-state index in [1.54, 1.807) is 23.3 Å². The van der Waals surface area contributed by atoms with E-state index in [-0.39, 0.29) is 11.9 Å². The van der Waals surface area contributed by atoms with Crippen LogP contribution in [-0.2, 0) is 11.3 Å². The van der Waals surface area contributed by atoms with Gasteiger partial charge >= 0.3 is 0 Å². The van der Waals surface area contributed by atoms with Crippen LogP contribution in [-0.4, -0.2) is 23.9 Å². The molecule has 1 atom stereocenters. The molecule has 0 aliphatic rings. The first kappa shape index (κ1) is 13.7. The summed E-state index contributed by atoms with van der Waals surface area (Å²) in [6.07, 6.45) is 1.68. The zero-order valence-electron chi connectivity index (χ0n) is 9.57. The molecule has 1 aromatic heterocycles. The van der Waals surface area contributed by atoms with E-state index >= 15 is 0 Å². The van der Waals surface area contributed by atoms with Gasteiger partial charge in [0.2, 0.25) is 5.91 Å². The third kappa shape index (κ3) is 3.88. The zero-order chi connectivity index (χ0) is 12.1. The van der Waals surface area contributed by atoms with Gasteiger partial charge < -0.3 is 10.6 Å². The number of hydrogen-bond acceptors (Lipinski definition) is 3. The van der Waals surface area contributed by atoms with Gasteiger partial charge in [0, 0.05) is 11.9 Å². The Hall–Kier alpha value is -0.390. The summed E-state index contributed by atoms with van der Waals surface area (Å²) in [6.45, 7) is 2.66. The second kappa shape index (κ2) is 6.37. The lowest BCUT2D eigenvalue weighted by molar-refractivity contribution is -0.131. The Balaban J connectivity index is 2.51. The van der Waals surface area contributed by atoms with E-state index in [0.29, 0.717) is 6.54 Å². The molecule has 90 valence electrons. The standard InChI is InChI=1S/C11H17BrN2OS/c1-3-4-9(13)11(15)14(2)7-8-5-6-10(12)16-8/h5-6,9H,3-4,7,13H2,1-2H3. The monoisotopic (exact) mass is 304 g/mol. The minimum atomic E-state index is -0.363. The maximum absolute atomic E-state index is 11.8. The Morgan fingerprint density at radius 1 is 1.62 bits per heavy atom. The molecule has 0 fully saturated rings. The van der Waals surface area contributed by atoms with Crippen LogP contribution < -0.4 is 5.73 Å². The topological polar surface area (TPSA) is 46.3 Å². The minimum Gasteiger partial charge on any atom is -0.339 e. The largest absolute Gasteiger partial charge is 0.339 e. The number of rotatable bonds is 5. The van der Waals surface area contributed by atoms with Crippen LogP contribution in [0.15, 0.2) is 15.9 Å². The number of nitrogens with zero attached hydrogens (tertiary/aromatic N) is 1. The lowest BCUT2D eigenvalue weighted by Crippen LogP contribution is -2.41. The van der Waals surface area contributed by atoms with Crippen molar-refractivity contribution in [3.63, 3.8) is 0 Å². The highest BCUT2D eigenvalue weighted by molar-refractivity contribution is 9.11. The smallest absolute Gasteiger partial charge is 0.239 e. The second-order valence-electron chi connectivity index (χ2n) is 3.80. The summed E-state index contributed by atoms with van der Waals surface area (Å²) < 4.78 is 1.08. The summed E-state index contributed by atoms with van der Waals surface area (Å²) in [5, 5.41) is 0. The van der Waals surface area contributed by atoms with Crippen LogP contribution in [0, 0.1) is 0 Å². The molecule has 1 unspecified atom stereocenters. The molecule has 0 aliphatic heterocycles. The number of nitrogens with two attached hydrogens (primary N) is 1. The van der Waals surface area contributed by atoms with Crippen molar-refractivity contribution < 1.29 is 4.79 Å². The van der Waals surface area contributed by atoms with Gasteiger partial charge in [-0.05, 0) is 34.5 Å². The fourth-order valence-corrected chi connectivity index (χ4v) is 3.00. The summed E-state index contributed by atoms with van der Waals surface area (Å²) in [7, 11) is 1.80. The molecule has 0 radical (unpaired) electrons. The highest BCUT2D eigenvalue weighted by atomic mass is 79.9. The van der Waals surface area contributed by atoms with Crippen molar-refractivity contribution in [2.75, 3.05) is 7.05 Å². The molecule has 0 bridgehead atoms. The number of hydrogen-bond donors (Lipinski definition) is 1. The van der Waals surface area contributed by atoms with E-state index in [1.165, 1.54) is 0 Å². The molecule has 1 rings (SSSR count). The van der Waals surface area contributed by atoms with Crippen LogP contribution in [0.5, 0.6) is 0 Å². The van der Waals surface area contributed by atoms with Crippen molar-refractivity contribution in [1.82, 2.24) is 4.90 Å². The van der Waals surface area contributed by atoms with Crippen LogP contribution in [0.2, 0.25) is 0 Å². The van der Waals surface area contributed by atoms with E-state index in [4.69, 9.17) is 5.73 Å². The van der Waals surface area contributed by atoms with Crippen molar-refractivity contribution in [3.8, 4) is 0 Å². The molecule has 5 heteroatoms. The molecule has 0 saturated carbocycles. The Labute approximate surface area is 109 Å². The molecule has 0 aliphatic carbocycles. The van der Waals surface area contributed by atoms with Gasteiger partial charge in [-0.15, -0.1) is 11.3 Å². The SMILES string of the molecule is CCCC(N)C(=O)N(C)Cc1ccc(Br)s1. The quantitative estimate of drug-likeness (QED) is 0.909. The van der Waals surface area contributed by atoms with Gasteiger partial charge in [-0.3, -0.25) is 4.79 Å². The lowest BCUT2D eigenvalue weighted by Gasteiger charge is -2.20. The predicted molar refractivity (Wildman–Crippen MR) is 71.4 cm³/mol. The Bertz CT molecular complexity index is 354. The number of thiophene rings is 1. The van der Waals surface area contributed by atoms with Crippen molar-refractivity contribution in [2.45, 2.75) is 32.4 Å². The summed E-state index contributed by atoms with van der Waals surface area (Å²) >= 11 is 5.04. The summed E-state index contributed by atoms with van der Waals surface area (Å²) in [4.78, 5) is 14.7. The van der Waals surface area contributed by atoms with Gasteiger partial charge in [-0.1, -0.05) is 13.3 Å². The van der Waals surface area contributed by atoms with Gasteiger partial charge in [0.15, 0.2) is 0 Å². The number of halogens is 1. The number of carbonyl (C=O) groups excluding carboxylic acids is 1. The van der Waals surface area contributed by atoms with Gasteiger partial charge in [0.25, 0.3) is 0 Å². The van der Waals surface area contributed by atoms with Crippen LogP contribution in [0.25, 0.3) is 0 Å². The van der Waals surface area contributed by atoms with Gasteiger partial charge in [0.1, 0.15) is 0 Å². The average Bonchev–Trinajstić information content (AvgIpc) is 2.63. The normalized spacial score (nSPS) is 12.5. The first-order chi connectivity index (χ1) is 7.54. The molecule has 0 spiro atoms.